The minimum atomic E-state index is -0.261. The summed E-state index contributed by atoms with van der Waals surface area (Å²) in [5.41, 5.74) is 1.84. The van der Waals surface area contributed by atoms with Crippen molar-refractivity contribution in [2.24, 2.45) is 0 Å². The van der Waals surface area contributed by atoms with Gasteiger partial charge in [-0.2, -0.15) is 0 Å². The van der Waals surface area contributed by atoms with Crippen LogP contribution in [0, 0.1) is 0 Å². The van der Waals surface area contributed by atoms with Crippen LogP contribution in [0.15, 0.2) is 54.6 Å². The molecule has 0 radical (unpaired) electrons. The van der Waals surface area contributed by atoms with E-state index in [1.54, 1.807) is 36.2 Å². The number of benzene rings is 2. The van der Waals surface area contributed by atoms with Gasteiger partial charge in [0.05, 0.1) is 31.5 Å². The largest absolute Gasteiger partial charge is 0.378 e. The van der Waals surface area contributed by atoms with Gasteiger partial charge in [0.2, 0.25) is 0 Å². The van der Waals surface area contributed by atoms with Crippen LogP contribution < -0.4 is 15.5 Å². The van der Waals surface area contributed by atoms with Gasteiger partial charge in [-0.3, -0.25) is 14.4 Å². The van der Waals surface area contributed by atoms with Crippen LogP contribution in [-0.4, -0.2) is 69.1 Å². The third-order valence-corrected chi connectivity index (χ3v) is 5.02. The number of hydrogen-bond acceptors (Lipinski definition) is 4. The van der Waals surface area contributed by atoms with Crippen molar-refractivity contribution in [3.63, 3.8) is 0 Å². The van der Waals surface area contributed by atoms with E-state index in [0.29, 0.717) is 44.1 Å². The molecule has 3 amide bonds. The molecule has 1 saturated heterocycles. The second-order valence-corrected chi connectivity index (χ2v) is 7.57. The number of carbonyl (C=O) groups is 3. The smallest absolute Gasteiger partial charge is 0.279 e. The van der Waals surface area contributed by atoms with Crippen LogP contribution in [0.2, 0.25) is 0 Å². The minimum Gasteiger partial charge on any atom is -0.378 e. The molecule has 1 aliphatic heterocycles. The number of carbonyl (C=O) groups excluding carboxylic acids is 3. The van der Waals surface area contributed by atoms with Crippen LogP contribution in [0.25, 0.3) is 0 Å². The zero-order chi connectivity index (χ0) is 22.1. The molecule has 0 bridgehead atoms. The third kappa shape index (κ3) is 6.91. The van der Waals surface area contributed by atoms with Crippen LogP contribution in [0.4, 0.5) is 5.69 Å². The number of amides is 3. The average Bonchev–Trinajstić information content (AvgIpc) is 2.79. The monoisotopic (exact) mass is 425 g/mol. The van der Waals surface area contributed by atoms with E-state index < -0.39 is 0 Å². The van der Waals surface area contributed by atoms with Gasteiger partial charge < -0.3 is 25.2 Å². The molecule has 1 aliphatic rings. The van der Waals surface area contributed by atoms with E-state index in [0.717, 1.165) is 10.5 Å². The maximum Gasteiger partial charge on any atom is 0.279 e. The van der Waals surface area contributed by atoms with Gasteiger partial charge in [0, 0.05) is 19.6 Å². The minimum absolute atomic E-state index is 0.00860. The van der Waals surface area contributed by atoms with Crippen molar-refractivity contribution >= 4 is 23.4 Å². The average molecular weight is 426 g/mol. The number of hydrogen-bond donors (Lipinski definition) is 3. The highest BCUT2D eigenvalue weighted by atomic mass is 16.5. The Morgan fingerprint density at radius 2 is 1.65 bits per heavy atom. The fourth-order valence-electron chi connectivity index (χ4n) is 3.38. The molecule has 31 heavy (non-hydrogen) atoms. The lowest BCUT2D eigenvalue weighted by atomic mass is 10.1. The Bertz CT molecular complexity index is 897. The maximum atomic E-state index is 12.6. The highest BCUT2D eigenvalue weighted by Gasteiger charge is 2.22. The Labute approximate surface area is 182 Å². The van der Waals surface area contributed by atoms with Crippen molar-refractivity contribution in [1.29, 1.82) is 0 Å². The first kappa shape index (κ1) is 22.5. The van der Waals surface area contributed by atoms with Gasteiger partial charge in [0.15, 0.2) is 13.1 Å². The van der Waals surface area contributed by atoms with E-state index >= 15 is 0 Å². The van der Waals surface area contributed by atoms with E-state index in [1.807, 2.05) is 30.3 Å². The lowest BCUT2D eigenvalue weighted by molar-refractivity contribution is -0.862. The van der Waals surface area contributed by atoms with Gasteiger partial charge in [-0.05, 0) is 17.7 Å². The quantitative estimate of drug-likeness (QED) is 0.552. The molecule has 2 aromatic rings. The van der Waals surface area contributed by atoms with Crippen molar-refractivity contribution in [1.82, 2.24) is 10.2 Å². The van der Waals surface area contributed by atoms with E-state index in [2.05, 4.69) is 10.6 Å². The second-order valence-electron chi connectivity index (χ2n) is 7.57. The van der Waals surface area contributed by atoms with Crippen LogP contribution >= 0.6 is 0 Å². The lowest BCUT2D eigenvalue weighted by Gasteiger charge is -2.27. The van der Waals surface area contributed by atoms with Gasteiger partial charge in [0.25, 0.3) is 17.7 Å². The molecule has 2 aromatic carbocycles. The van der Waals surface area contributed by atoms with E-state index in [-0.39, 0.29) is 30.8 Å². The first-order chi connectivity index (χ1) is 15.0. The molecule has 3 N–H and O–H groups in total. The van der Waals surface area contributed by atoms with Crippen molar-refractivity contribution in [2.45, 2.75) is 6.54 Å². The van der Waals surface area contributed by atoms with Gasteiger partial charge in [-0.25, -0.2) is 0 Å². The Kier molecular flexibility index (Phi) is 8.14. The molecule has 3 rings (SSSR count). The number of nitrogens with one attached hydrogen (secondary N) is 3. The van der Waals surface area contributed by atoms with E-state index in [1.165, 1.54) is 0 Å². The fourth-order valence-corrected chi connectivity index (χ4v) is 3.38. The van der Waals surface area contributed by atoms with Gasteiger partial charge >= 0.3 is 0 Å². The molecule has 1 unspecified atom stereocenters. The van der Waals surface area contributed by atoms with Gasteiger partial charge in [-0.1, -0.05) is 42.5 Å². The SMILES string of the molecule is C[NH+](CC(=O)Nc1ccccc1C(=O)NCc1ccccc1)CC(=O)N1CCOCC1. The number of anilines is 1. The van der Waals surface area contributed by atoms with E-state index in [4.69, 9.17) is 4.74 Å². The molecule has 0 aromatic heterocycles. The number of quaternary nitrogens is 1. The number of ether oxygens (including phenoxy) is 1. The Morgan fingerprint density at radius 3 is 2.39 bits per heavy atom. The van der Waals surface area contributed by atoms with Gasteiger partial charge in [0.1, 0.15) is 0 Å². The van der Waals surface area contributed by atoms with Gasteiger partial charge in [-0.15, -0.1) is 0 Å². The topological polar surface area (TPSA) is 92.2 Å². The Balaban J connectivity index is 1.52. The Hall–Kier alpha value is -3.23. The summed E-state index contributed by atoms with van der Waals surface area (Å²) in [6, 6.07) is 16.5. The van der Waals surface area contributed by atoms with Crippen molar-refractivity contribution in [3.8, 4) is 0 Å². The summed E-state index contributed by atoms with van der Waals surface area (Å²) >= 11 is 0. The van der Waals surface area contributed by atoms with Crippen LogP contribution in [0.5, 0.6) is 0 Å². The van der Waals surface area contributed by atoms with Crippen molar-refractivity contribution < 1.29 is 24.0 Å². The molecule has 0 aliphatic carbocycles. The number of nitrogens with zero attached hydrogens (tertiary/aromatic N) is 1. The molecule has 1 atom stereocenters. The lowest BCUT2D eigenvalue weighted by Crippen LogP contribution is -3.11. The molecule has 1 heterocycles. The summed E-state index contributed by atoms with van der Waals surface area (Å²) in [6.07, 6.45) is 0. The second kappa shape index (κ2) is 11.2. The molecule has 1 fully saturated rings. The summed E-state index contributed by atoms with van der Waals surface area (Å²) in [5, 5.41) is 5.68. The first-order valence-electron chi connectivity index (χ1n) is 10.4. The molecule has 0 saturated carbocycles. The normalized spacial score (nSPS) is 14.5. The zero-order valence-corrected chi connectivity index (χ0v) is 17.7. The van der Waals surface area contributed by atoms with E-state index in [9.17, 15) is 14.4 Å². The number of rotatable bonds is 8. The fraction of sp³-hybridized carbons (Fsp3) is 0.348. The maximum absolute atomic E-state index is 12.6. The number of para-hydroxylation sites is 1. The summed E-state index contributed by atoms with van der Waals surface area (Å²) in [5.74, 6) is -0.507. The molecule has 0 spiro atoms. The zero-order valence-electron chi connectivity index (χ0n) is 17.7. The number of likely N-dealkylation sites (N-methyl/N-ethyl adjacent to an activating group) is 1. The highest BCUT2D eigenvalue weighted by Crippen LogP contribution is 2.15. The van der Waals surface area contributed by atoms with Crippen molar-refractivity contribution in [3.05, 3.63) is 65.7 Å². The standard InChI is InChI=1S/C23H28N4O4/c1-26(17-22(29)27-11-13-31-14-12-27)16-21(28)25-20-10-6-5-9-19(20)23(30)24-15-18-7-3-2-4-8-18/h2-10H,11-17H2,1H3,(H,24,30)(H,25,28)/p+1. The number of morpholine rings is 1. The molecule has 8 heteroatoms. The predicted molar refractivity (Wildman–Crippen MR) is 117 cm³/mol. The third-order valence-electron chi connectivity index (χ3n) is 5.02. The predicted octanol–water partition coefficient (Wildman–Crippen LogP) is -0.0714. The molecule has 8 nitrogen and oxygen atoms in total. The highest BCUT2D eigenvalue weighted by molar-refractivity contribution is 6.03. The van der Waals surface area contributed by atoms with Crippen molar-refractivity contribution in [2.75, 3.05) is 51.8 Å². The summed E-state index contributed by atoms with van der Waals surface area (Å²) < 4.78 is 5.26. The van der Waals surface area contributed by atoms with Crippen LogP contribution in [-0.2, 0) is 20.9 Å². The molecular formula is C23H29N4O4+. The summed E-state index contributed by atoms with van der Waals surface area (Å²) in [6.45, 7) is 3.03. The molecular weight excluding hydrogens is 396 g/mol. The van der Waals surface area contributed by atoms with Crippen LogP contribution in [0.3, 0.4) is 0 Å². The van der Waals surface area contributed by atoms with Crippen LogP contribution in [0.1, 0.15) is 15.9 Å². The summed E-state index contributed by atoms with van der Waals surface area (Å²) in [7, 11) is 1.80. The Morgan fingerprint density at radius 1 is 0.968 bits per heavy atom. The molecule has 164 valence electrons. The first-order valence-corrected chi connectivity index (χ1v) is 10.4. The summed E-state index contributed by atoms with van der Waals surface area (Å²) in [4.78, 5) is 40.0.